The molecule has 0 spiro atoms. The maximum Gasteiger partial charge on any atom is 0.138 e. The van der Waals surface area contributed by atoms with Crippen LogP contribution in [-0.4, -0.2) is 56.1 Å². The molecule has 1 saturated heterocycles. The average molecular weight is 378 g/mol. The molecule has 1 unspecified atom stereocenters. The molecule has 6 heteroatoms. The van der Waals surface area contributed by atoms with Crippen molar-refractivity contribution in [1.29, 1.82) is 0 Å². The highest BCUT2D eigenvalue weighted by atomic mass is 127. The fourth-order valence-corrected chi connectivity index (χ4v) is 2.76. The highest BCUT2D eigenvalue weighted by Gasteiger charge is 2.22. The summed E-state index contributed by atoms with van der Waals surface area (Å²) < 4.78 is 14.1. The highest BCUT2D eigenvalue weighted by molar-refractivity contribution is 14.1. The molecule has 1 aromatic rings. The number of nitrogens with two attached hydrogens (primary N) is 1. The maximum atomic E-state index is 13.5. The molecule has 0 aromatic heterocycles. The predicted octanol–water partition coefficient (Wildman–Crippen LogP) is 1.67. The zero-order valence-electron chi connectivity index (χ0n) is 11.3. The number of nitrogens with zero attached hydrogens (tertiary/aromatic N) is 2. The lowest BCUT2D eigenvalue weighted by atomic mass is 10.1. The number of nitrogen functional groups attached to an aromatic ring is 1. The molecule has 0 radical (unpaired) electrons. The lowest BCUT2D eigenvalue weighted by Crippen LogP contribution is -2.52. The Kier molecular flexibility index (Phi) is 4.86. The highest BCUT2D eigenvalue weighted by Crippen LogP contribution is 2.24. The third-order valence-corrected chi connectivity index (χ3v) is 4.43. The van der Waals surface area contributed by atoms with E-state index in [1.54, 1.807) is 6.07 Å². The lowest BCUT2D eigenvalue weighted by Gasteiger charge is -2.38. The molecule has 0 amide bonds. The molecule has 1 aliphatic heterocycles. The molecule has 0 bridgehead atoms. The van der Waals surface area contributed by atoms with E-state index in [0.717, 1.165) is 26.2 Å². The fraction of sp³-hybridized carbons (Fsp3) is 0.538. The van der Waals surface area contributed by atoms with Crippen molar-refractivity contribution < 1.29 is 4.39 Å². The van der Waals surface area contributed by atoms with Crippen LogP contribution in [0.25, 0.3) is 0 Å². The van der Waals surface area contributed by atoms with Gasteiger partial charge in [-0.3, -0.25) is 4.90 Å². The SMILES string of the molecule is CN1CCN(C)C(CNc2cc(F)c(I)cc2N)C1. The first-order valence-corrected chi connectivity index (χ1v) is 7.42. The Bertz CT molecular complexity index is 455. The number of anilines is 2. The molecule has 1 heterocycles. The summed E-state index contributed by atoms with van der Waals surface area (Å²) >= 11 is 1.95. The Labute approximate surface area is 127 Å². The second-order valence-electron chi connectivity index (χ2n) is 5.13. The van der Waals surface area contributed by atoms with E-state index >= 15 is 0 Å². The number of likely N-dealkylation sites (N-methyl/N-ethyl adjacent to an activating group) is 2. The Hall–Kier alpha value is -0.600. The van der Waals surface area contributed by atoms with E-state index in [4.69, 9.17) is 5.73 Å². The molecular weight excluding hydrogens is 358 g/mol. The summed E-state index contributed by atoms with van der Waals surface area (Å²) in [7, 11) is 4.25. The number of nitrogens with one attached hydrogen (secondary N) is 1. The topological polar surface area (TPSA) is 44.5 Å². The van der Waals surface area contributed by atoms with E-state index in [1.165, 1.54) is 6.07 Å². The largest absolute Gasteiger partial charge is 0.397 e. The average Bonchev–Trinajstić information content (AvgIpc) is 2.36. The normalized spacial score (nSPS) is 21.6. The number of rotatable bonds is 3. The Morgan fingerprint density at radius 2 is 2.16 bits per heavy atom. The van der Waals surface area contributed by atoms with Crippen LogP contribution in [0.1, 0.15) is 0 Å². The van der Waals surface area contributed by atoms with Crippen LogP contribution in [0.15, 0.2) is 12.1 Å². The third kappa shape index (κ3) is 3.70. The van der Waals surface area contributed by atoms with Crippen molar-refractivity contribution in [3.05, 3.63) is 21.5 Å². The van der Waals surface area contributed by atoms with Gasteiger partial charge in [0.15, 0.2) is 0 Å². The first-order chi connectivity index (χ1) is 8.97. The molecule has 0 saturated carbocycles. The van der Waals surface area contributed by atoms with Gasteiger partial charge in [-0.1, -0.05) is 0 Å². The van der Waals surface area contributed by atoms with Crippen molar-refractivity contribution >= 4 is 34.0 Å². The second-order valence-corrected chi connectivity index (χ2v) is 6.29. The molecule has 1 atom stereocenters. The number of hydrogen-bond acceptors (Lipinski definition) is 4. The smallest absolute Gasteiger partial charge is 0.138 e. The van der Waals surface area contributed by atoms with Crippen molar-refractivity contribution in [3.63, 3.8) is 0 Å². The Balaban J connectivity index is 2.00. The summed E-state index contributed by atoms with van der Waals surface area (Å²) in [4.78, 5) is 4.64. The van der Waals surface area contributed by atoms with Gasteiger partial charge in [0, 0.05) is 38.3 Å². The van der Waals surface area contributed by atoms with Gasteiger partial charge < -0.3 is 16.0 Å². The van der Waals surface area contributed by atoms with Crippen molar-refractivity contribution in [3.8, 4) is 0 Å². The van der Waals surface area contributed by atoms with Gasteiger partial charge in [-0.05, 0) is 42.8 Å². The summed E-state index contributed by atoms with van der Waals surface area (Å²) in [6, 6.07) is 3.55. The van der Waals surface area contributed by atoms with Gasteiger partial charge in [0.1, 0.15) is 5.82 Å². The minimum Gasteiger partial charge on any atom is -0.397 e. The van der Waals surface area contributed by atoms with Crippen LogP contribution in [0.5, 0.6) is 0 Å². The molecule has 1 aliphatic rings. The summed E-state index contributed by atoms with van der Waals surface area (Å²) in [5.41, 5.74) is 7.18. The summed E-state index contributed by atoms with van der Waals surface area (Å²) in [6.07, 6.45) is 0. The Morgan fingerprint density at radius 3 is 2.89 bits per heavy atom. The zero-order chi connectivity index (χ0) is 14.0. The van der Waals surface area contributed by atoms with Crippen molar-refractivity contribution in [2.75, 3.05) is 51.3 Å². The molecule has 0 aliphatic carbocycles. The molecule has 1 fully saturated rings. The van der Waals surface area contributed by atoms with Gasteiger partial charge in [0.25, 0.3) is 0 Å². The van der Waals surface area contributed by atoms with E-state index in [2.05, 4.69) is 29.2 Å². The minimum atomic E-state index is -0.230. The van der Waals surface area contributed by atoms with Crippen LogP contribution >= 0.6 is 22.6 Å². The van der Waals surface area contributed by atoms with E-state index in [1.807, 2.05) is 22.6 Å². The predicted molar refractivity (Wildman–Crippen MR) is 85.9 cm³/mol. The molecule has 106 valence electrons. The first-order valence-electron chi connectivity index (χ1n) is 6.34. The second kappa shape index (κ2) is 6.23. The zero-order valence-corrected chi connectivity index (χ0v) is 13.4. The van der Waals surface area contributed by atoms with Gasteiger partial charge in [-0.2, -0.15) is 0 Å². The quantitative estimate of drug-likeness (QED) is 0.621. The van der Waals surface area contributed by atoms with Crippen molar-refractivity contribution in [1.82, 2.24) is 9.80 Å². The van der Waals surface area contributed by atoms with E-state index in [-0.39, 0.29) is 5.82 Å². The van der Waals surface area contributed by atoms with E-state index in [0.29, 0.717) is 21.0 Å². The number of hydrogen-bond donors (Lipinski definition) is 2. The van der Waals surface area contributed by atoms with Crippen molar-refractivity contribution in [2.45, 2.75) is 6.04 Å². The number of piperazine rings is 1. The van der Waals surface area contributed by atoms with Gasteiger partial charge in [0.2, 0.25) is 0 Å². The summed E-state index contributed by atoms with van der Waals surface area (Å²) in [6.45, 7) is 3.92. The van der Waals surface area contributed by atoms with Crippen LogP contribution in [0.4, 0.5) is 15.8 Å². The van der Waals surface area contributed by atoms with Gasteiger partial charge in [-0.25, -0.2) is 4.39 Å². The van der Waals surface area contributed by atoms with Crippen LogP contribution in [-0.2, 0) is 0 Å². The first kappa shape index (κ1) is 14.8. The molecular formula is C13H20FIN4. The Morgan fingerprint density at radius 1 is 1.42 bits per heavy atom. The van der Waals surface area contributed by atoms with E-state index < -0.39 is 0 Å². The fourth-order valence-electron chi connectivity index (χ4n) is 2.26. The van der Waals surface area contributed by atoms with Crippen LogP contribution < -0.4 is 11.1 Å². The van der Waals surface area contributed by atoms with Crippen LogP contribution in [0.2, 0.25) is 0 Å². The van der Waals surface area contributed by atoms with Gasteiger partial charge in [-0.15, -0.1) is 0 Å². The van der Waals surface area contributed by atoms with Crippen molar-refractivity contribution in [2.24, 2.45) is 0 Å². The maximum absolute atomic E-state index is 13.5. The van der Waals surface area contributed by atoms with Crippen LogP contribution in [0.3, 0.4) is 0 Å². The molecule has 3 N–H and O–H groups in total. The molecule has 4 nitrogen and oxygen atoms in total. The monoisotopic (exact) mass is 378 g/mol. The third-order valence-electron chi connectivity index (χ3n) is 3.60. The lowest BCUT2D eigenvalue weighted by molar-refractivity contribution is 0.122. The summed E-state index contributed by atoms with van der Waals surface area (Å²) in [5.74, 6) is -0.230. The molecule has 1 aromatic carbocycles. The number of halogens is 2. The van der Waals surface area contributed by atoms with E-state index in [9.17, 15) is 4.39 Å². The molecule has 2 rings (SSSR count). The van der Waals surface area contributed by atoms with Crippen LogP contribution in [0, 0.1) is 9.39 Å². The minimum absolute atomic E-state index is 0.230. The molecule has 19 heavy (non-hydrogen) atoms. The number of benzene rings is 1. The summed E-state index contributed by atoms with van der Waals surface area (Å²) in [5, 5.41) is 3.26. The van der Waals surface area contributed by atoms with Gasteiger partial charge in [0.05, 0.1) is 14.9 Å². The van der Waals surface area contributed by atoms with Gasteiger partial charge >= 0.3 is 0 Å². The standard InChI is InChI=1S/C13H20FIN4/c1-18-3-4-19(2)9(8-18)7-17-13-5-10(14)11(15)6-12(13)16/h5-6,9,17H,3-4,7-8,16H2,1-2H3.